The quantitative estimate of drug-likeness (QED) is 0.321. The maximum absolute atomic E-state index is 11.2. The zero-order valence-electron chi connectivity index (χ0n) is 15.3. The Morgan fingerprint density at radius 3 is 2.69 bits per heavy atom. The molecular weight excluding hydrogens is 381 g/mol. The van der Waals surface area contributed by atoms with E-state index in [0.29, 0.717) is 18.2 Å². The Bertz CT molecular complexity index is 606. The summed E-state index contributed by atoms with van der Waals surface area (Å²) >= 11 is 3.47. The Morgan fingerprint density at radius 2 is 2.15 bits per heavy atom. The van der Waals surface area contributed by atoms with Crippen molar-refractivity contribution in [3.63, 3.8) is 0 Å². The van der Waals surface area contributed by atoms with Crippen LogP contribution in [-0.4, -0.2) is 52.8 Å². The van der Waals surface area contributed by atoms with Gasteiger partial charge in [0.25, 0.3) is 5.56 Å². The van der Waals surface area contributed by atoms with Crippen LogP contribution in [0.5, 0.6) is 0 Å². The maximum Gasteiger partial charge on any atom is 0.472 e. The lowest BCUT2D eigenvalue weighted by Crippen LogP contribution is -2.17. The SMILES string of the molecule is CCC.CN1CNc2c1nc(N)[nH]c2=O.O[P+](O)(S)OCC1CCCO1. The lowest BCUT2D eigenvalue weighted by Gasteiger charge is -2.08. The molecule has 0 bridgehead atoms. The smallest absolute Gasteiger partial charge is 0.376 e. The van der Waals surface area contributed by atoms with Gasteiger partial charge in [-0.2, -0.15) is 19.3 Å². The van der Waals surface area contributed by atoms with Crippen LogP contribution < -0.4 is 21.5 Å². The second kappa shape index (κ2) is 10.9. The van der Waals surface area contributed by atoms with Gasteiger partial charge in [-0.1, -0.05) is 20.3 Å². The number of hydrogen-bond acceptors (Lipinski definition) is 10. The Labute approximate surface area is 158 Å². The number of anilines is 3. The molecule has 2 aliphatic rings. The summed E-state index contributed by atoms with van der Waals surface area (Å²) in [6.07, 6.45) is 3.21. The summed E-state index contributed by atoms with van der Waals surface area (Å²) in [6.45, 7) is 5.81. The highest BCUT2D eigenvalue weighted by Gasteiger charge is 2.32. The van der Waals surface area contributed by atoms with Gasteiger partial charge in [-0.25, -0.2) is 0 Å². The Kier molecular flexibility index (Phi) is 9.62. The van der Waals surface area contributed by atoms with Crippen LogP contribution in [0.2, 0.25) is 0 Å². The Morgan fingerprint density at radius 1 is 1.50 bits per heavy atom. The highest BCUT2D eigenvalue weighted by atomic mass is 32.7. The molecule has 1 fully saturated rings. The van der Waals surface area contributed by atoms with E-state index in [1.165, 1.54) is 6.42 Å². The number of fused-ring (bicyclic) bond motifs is 1. The molecule has 0 amide bonds. The van der Waals surface area contributed by atoms with Gasteiger partial charge in [0.15, 0.2) is 5.82 Å². The molecule has 150 valence electrons. The predicted molar refractivity (Wildman–Crippen MR) is 107 cm³/mol. The Hall–Kier alpha value is -1.10. The number of H-pyrrole nitrogens is 1. The monoisotopic (exact) mass is 410 g/mol. The first-order valence-electron chi connectivity index (χ1n) is 8.36. The lowest BCUT2D eigenvalue weighted by molar-refractivity contribution is 0.0619. The number of nitrogen functional groups attached to an aromatic ring is 1. The number of nitrogens with zero attached hydrogens (tertiary/aromatic N) is 2. The van der Waals surface area contributed by atoms with E-state index >= 15 is 0 Å². The second-order valence-electron chi connectivity index (χ2n) is 5.83. The van der Waals surface area contributed by atoms with Gasteiger partial charge in [-0.3, -0.25) is 9.78 Å². The fraction of sp³-hybridized carbons (Fsp3) is 0.714. The summed E-state index contributed by atoms with van der Waals surface area (Å²) in [7, 11) is -1.52. The number of nitrogens with two attached hydrogens (primary N) is 1. The first-order chi connectivity index (χ1) is 12.2. The molecule has 26 heavy (non-hydrogen) atoms. The Balaban J connectivity index is 0.000000227. The van der Waals surface area contributed by atoms with Gasteiger partial charge in [-0.15, -0.1) is 0 Å². The van der Waals surface area contributed by atoms with Crippen LogP contribution in [0, 0.1) is 0 Å². The van der Waals surface area contributed by atoms with Crippen molar-refractivity contribution in [2.45, 2.75) is 39.2 Å². The van der Waals surface area contributed by atoms with Gasteiger partial charge in [0.2, 0.25) is 5.95 Å². The molecule has 0 saturated carbocycles. The lowest BCUT2D eigenvalue weighted by atomic mass is 10.2. The van der Waals surface area contributed by atoms with Crippen molar-refractivity contribution in [2.24, 2.45) is 0 Å². The van der Waals surface area contributed by atoms with Gasteiger partial charge in [0.1, 0.15) is 12.3 Å². The average molecular weight is 410 g/mol. The highest BCUT2D eigenvalue weighted by Crippen LogP contribution is 2.56. The van der Waals surface area contributed by atoms with E-state index in [0.717, 1.165) is 19.4 Å². The van der Waals surface area contributed by atoms with Crippen molar-refractivity contribution in [3.05, 3.63) is 10.4 Å². The van der Waals surface area contributed by atoms with Crippen LogP contribution >= 0.6 is 19.4 Å². The van der Waals surface area contributed by atoms with E-state index in [9.17, 15) is 4.79 Å². The number of nitrogens with one attached hydrogen (secondary N) is 2. The molecule has 0 aromatic carbocycles. The highest BCUT2D eigenvalue weighted by molar-refractivity contribution is 8.47. The van der Waals surface area contributed by atoms with E-state index in [-0.39, 0.29) is 24.2 Å². The standard InChI is InChI=1S/C6H9N5O.C5H12O4PS.C3H8/c1-11-2-8-3-4(11)9-6(7)10-5(3)12;6-10(7,11)9-4-5-2-1-3-8-5;1-3-2/h8H,2H2,1H3,(H3,7,9,10,12);5-7,11H,1-4H2;3H2,1-2H3/q;+1;. The summed E-state index contributed by atoms with van der Waals surface area (Å²) in [6, 6.07) is 0. The minimum Gasteiger partial charge on any atom is -0.376 e. The van der Waals surface area contributed by atoms with Crippen molar-refractivity contribution >= 4 is 36.8 Å². The molecule has 1 aromatic heterocycles. The molecule has 6 N–H and O–H groups in total. The molecule has 2 aliphatic heterocycles. The first-order valence-corrected chi connectivity index (χ1v) is 11.1. The fourth-order valence-corrected chi connectivity index (χ4v) is 2.71. The molecular formula is C14H29N5O5PS+. The first kappa shape index (κ1) is 22.9. The van der Waals surface area contributed by atoms with Crippen LogP contribution in [0.1, 0.15) is 33.1 Å². The molecule has 0 radical (unpaired) electrons. The molecule has 1 atom stereocenters. The molecule has 0 spiro atoms. The normalized spacial score (nSPS) is 18.2. The number of rotatable bonds is 3. The molecule has 1 saturated heterocycles. The van der Waals surface area contributed by atoms with E-state index < -0.39 is 7.15 Å². The van der Waals surface area contributed by atoms with E-state index in [2.05, 4.69) is 45.9 Å². The van der Waals surface area contributed by atoms with Crippen molar-refractivity contribution in [1.29, 1.82) is 0 Å². The molecule has 0 aliphatic carbocycles. The largest absolute Gasteiger partial charge is 0.472 e. The predicted octanol–water partition coefficient (Wildman–Crippen LogP) is 1.36. The maximum atomic E-state index is 11.2. The summed E-state index contributed by atoms with van der Waals surface area (Å²) in [5, 5.41) is 2.91. The van der Waals surface area contributed by atoms with Gasteiger partial charge >= 0.3 is 7.15 Å². The minimum atomic E-state index is -3.35. The zero-order chi connectivity index (χ0) is 19.7. The molecule has 10 nitrogen and oxygen atoms in total. The van der Waals surface area contributed by atoms with E-state index in [1.54, 1.807) is 0 Å². The molecule has 12 heteroatoms. The van der Waals surface area contributed by atoms with Gasteiger partial charge in [0.05, 0.1) is 25.0 Å². The number of hydrogen-bond donors (Lipinski definition) is 6. The van der Waals surface area contributed by atoms with Crippen molar-refractivity contribution in [2.75, 3.05) is 42.9 Å². The summed E-state index contributed by atoms with van der Waals surface area (Å²) in [4.78, 5) is 36.9. The molecule has 3 heterocycles. The van der Waals surface area contributed by atoms with Gasteiger partial charge < -0.3 is 20.7 Å². The topological polar surface area (TPSA) is 146 Å². The van der Waals surface area contributed by atoms with Crippen LogP contribution in [-0.2, 0) is 9.26 Å². The van der Waals surface area contributed by atoms with Crippen molar-refractivity contribution < 1.29 is 19.0 Å². The zero-order valence-corrected chi connectivity index (χ0v) is 17.1. The van der Waals surface area contributed by atoms with Gasteiger partial charge in [-0.05, 0) is 12.8 Å². The molecule has 1 unspecified atom stereocenters. The number of ether oxygens (including phenoxy) is 1. The fourth-order valence-electron chi connectivity index (χ4n) is 2.15. The van der Waals surface area contributed by atoms with Crippen molar-refractivity contribution in [3.8, 4) is 0 Å². The summed E-state index contributed by atoms with van der Waals surface area (Å²) in [5.74, 6) is 0.755. The van der Waals surface area contributed by atoms with Crippen LogP contribution in [0.4, 0.5) is 17.5 Å². The van der Waals surface area contributed by atoms with Crippen LogP contribution in [0.25, 0.3) is 0 Å². The second-order valence-corrected chi connectivity index (χ2v) is 8.68. The number of aromatic nitrogens is 2. The number of aromatic amines is 1. The third-order valence-electron chi connectivity index (χ3n) is 3.23. The third kappa shape index (κ3) is 8.07. The number of thiol groups is 1. The van der Waals surface area contributed by atoms with Gasteiger partial charge in [0, 0.05) is 13.7 Å². The van der Waals surface area contributed by atoms with Crippen molar-refractivity contribution in [1.82, 2.24) is 9.97 Å². The van der Waals surface area contributed by atoms with Crippen LogP contribution in [0.15, 0.2) is 4.79 Å². The third-order valence-corrected chi connectivity index (χ3v) is 4.07. The summed E-state index contributed by atoms with van der Waals surface area (Å²) < 4.78 is 9.86. The van der Waals surface area contributed by atoms with Crippen LogP contribution in [0.3, 0.4) is 0 Å². The summed E-state index contributed by atoms with van der Waals surface area (Å²) in [5.41, 5.74) is 5.64. The van der Waals surface area contributed by atoms with E-state index in [1.807, 2.05) is 11.9 Å². The molecule has 3 rings (SSSR count). The minimum absolute atomic E-state index is 0.0147. The molecule has 1 aromatic rings. The van der Waals surface area contributed by atoms with E-state index in [4.69, 9.17) is 20.3 Å². The average Bonchev–Trinajstić information content (AvgIpc) is 3.17.